The summed E-state index contributed by atoms with van der Waals surface area (Å²) in [5, 5.41) is 5.53. The molecule has 0 aromatic heterocycles. The van der Waals surface area contributed by atoms with Crippen molar-refractivity contribution in [3.8, 4) is 0 Å². The Balaban J connectivity index is 2.38. The molecule has 2 aromatic rings. The Labute approximate surface area is 120 Å². The Hall–Kier alpha value is -2.27. The molecular weight excluding hydrogens is 281 g/mol. The second-order valence-corrected chi connectivity index (χ2v) is 4.55. The van der Waals surface area contributed by atoms with Crippen LogP contribution in [-0.2, 0) is 0 Å². The van der Waals surface area contributed by atoms with Gasteiger partial charge in [0, 0.05) is 18.4 Å². The van der Waals surface area contributed by atoms with Gasteiger partial charge in [-0.1, -0.05) is 11.6 Å². The monoisotopic (exact) mass is 293 g/mol. The molecule has 4 nitrogen and oxygen atoms in total. The maximum Gasteiger partial charge on any atom is 0.253 e. The lowest BCUT2D eigenvalue weighted by Gasteiger charge is -2.12. The Morgan fingerprint density at radius 2 is 2.00 bits per heavy atom. The van der Waals surface area contributed by atoms with Crippen LogP contribution in [0.25, 0.3) is 0 Å². The van der Waals surface area contributed by atoms with E-state index in [1.807, 2.05) is 0 Å². The summed E-state index contributed by atoms with van der Waals surface area (Å²) in [5.41, 5.74) is 7.59. The lowest BCUT2D eigenvalue weighted by atomic mass is 10.1. The maximum absolute atomic E-state index is 13.4. The van der Waals surface area contributed by atoms with E-state index in [-0.39, 0.29) is 10.9 Å². The van der Waals surface area contributed by atoms with Crippen LogP contribution in [0.3, 0.4) is 0 Å². The summed E-state index contributed by atoms with van der Waals surface area (Å²) >= 11 is 5.63. The summed E-state index contributed by atoms with van der Waals surface area (Å²) in [6, 6.07) is 9.13. The van der Waals surface area contributed by atoms with Crippen LogP contribution in [0.1, 0.15) is 10.4 Å². The van der Waals surface area contributed by atoms with E-state index in [0.29, 0.717) is 22.6 Å². The molecule has 0 fully saturated rings. The molecule has 0 saturated heterocycles. The summed E-state index contributed by atoms with van der Waals surface area (Å²) in [6.45, 7) is 0. The summed E-state index contributed by atoms with van der Waals surface area (Å²) in [6.07, 6.45) is 0. The number of nitrogens with one attached hydrogen (secondary N) is 2. The molecule has 6 heteroatoms. The number of rotatable bonds is 3. The lowest BCUT2D eigenvalue weighted by molar-refractivity contribution is 0.0964. The van der Waals surface area contributed by atoms with Crippen molar-refractivity contribution in [2.24, 2.45) is 0 Å². The minimum absolute atomic E-state index is 0.0367. The number of halogens is 2. The molecule has 0 aliphatic rings. The third-order valence-corrected chi connectivity index (χ3v) is 3.02. The van der Waals surface area contributed by atoms with Crippen LogP contribution in [0.15, 0.2) is 36.4 Å². The van der Waals surface area contributed by atoms with Gasteiger partial charge in [-0.15, -0.1) is 0 Å². The molecule has 0 spiro atoms. The number of nitrogen functional groups attached to an aromatic ring is 1. The van der Waals surface area contributed by atoms with Gasteiger partial charge in [0.25, 0.3) is 5.91 Å². The fourth-order valence-corrected chi connectivity index (χ4v) is 1.84. The second-order valence-electron chi connectivity index (χ2n) is 4.14. The topological polar surface area (TPSA) is 67.2 Å². The van der Waals surface area contributed by atoms with Gasteiger partial charge in [0.05, 0.1) is 16.3 Å². The van der Waals surface area contributed by atoms with E-state index < -0.39 is 5.82 Å². The van der Waals surface area contributed by atoms with E-state index in [9.17, 15) is 9.18 Å². The van der Waals surface area contributed by atoms with Crippen molar-refractivity contribution in [2.45, 2.75) is 0 Å². The molecule has 0 saturated carbocycles. The number of nitrogens with two attached hydrogens (primary N) is 1. The van der Waals surface area contributed by atoms with Gasteiger partial charge in [-0.3, -0.25) is 4.79 Å². The number of hydrogen-bond acceptors (Lipinski definition) is 3. The Morgan fingerprint density at radius 1 is 1.25 bits per heavy atom. The van der Waals surface area contributed by atoms with Gasteiger partial charge in [-0.05, 0) is 36.4 Å². The minimum Gasteiger partial charge on any atom is -0.399 e. The summed E-state index contributed by atoms with van der Waals surface area (Å²) in [4.78, 5) is 11.8. The first-order chi connectivity index (χ1) is 9.51. The summed E-state index contributed by atoms with van der Waals surface area (Å²) in [7, 11) is 1.53. The van der Waals surface area contributed by atoms with E-state index in [0.717, 1.165) is 0 Å². The van der Waals surface area contributed by atoms with Crippen molar-refractivity contribution in [3.05, 3.63) is 52.8 Å². The maximum atomic E-state index is 13.4. The highest BCUT2D eigenvalue weighted by Crippen LogP contribution is 2.26. The number of anilines is 3. The van der Waals surface area contributed by atoms with Crippen molar-refractivity contribution in [3.63, 3.8) is 0 Å². The highest BCUT2D eigenvalue weighted by molar-refractivity contribution is 6.30. The molecule has 4 N–H and O–H groups in total. The second kappa shape index (κ2) is 5.79. The van der Waals surface area contributed by atoms with Gasteiger partial charge in [0.1, 0.15) is 5.82 Å². The van der Waals surface area contributed by atoms with Gasteiger partial charge in [-0.25, -0.2) is 4.39 Å². The highest BCUT2D eigenvalue weighted by Gasteiger charge is 2.11. The molecule has 0 heterocycles. The molecule has 2 aromatic carbocycles. The zero-order valence-electron chi connectivity index (χ0n) is 10.7. The first-order valence-electron chi connectivity index (χ1n) is 5.85. The molecule has 0 radical (unpaired) electrons. The van der Waals surface area contributed by atoms with Gasteiger partial charge in [-0.2, -0.15) is 0 Å². The van der Waals surface area contributed by atoms with Crippen LogP contribution in [-0.4, -0.2) is 13.0 Å². The number of benzene rings is 2. The van der Waals surface area contributed by atoms with E-state index in [1.165, 1.54) is 19.2 Å². The predicted octanol–water partition coefficient (Wildman–Crippen LogP) is 3.16. The van der Waals surface area contributed by atoms with Crippen molar-refractivity contribution in [2.75, 3.05) is 18.1 Å². The van der Waals surface area contributed by atoms with Crippen molar-refractivity contribution in [1.82, 2.24) is 5.32 Å². The molecule has 0 aliphatic heterocycles. The van der Waals surface area contributed by atoms with Crippen molar-refractivity contribution in [1.29, 1.82) is 0 Å². The van der Waals surface area contributed by atoms with Crippen molar-refractivity contribution >= 4 is 34.6 Å². The van der Waals surface area contributed by atoms with Gasteiger partial charge >= 0.3 is 0 Å². The molecule has 0 bridgehead atoms. The Kier molecular flexibility index (Phi) is 4.10. The van der Waals surface area contributed by atoms with Crippen LogP contribution in [0, 0.1) is 5.82 Å². The third-order valence-electron chi connectivity index (χ3n) is 2.71. The molecule has 20 heavy (non-hydrogen) atoms. The first kappa shape index (κ1) is 14.1. The first-order valence-corrected chi connectivity index (χ1v) is 6.22. The molecule has 0 atom stereocenters. The molecule has 2 rings (SSSR count). The quantitative estimate of drug-likeness (QED) is 0.762. The van der Waals surface area contributed by atoms with Crippen LogP contribution >= 0.6 is 11.6 Å². The molecule has 104 valence electrons. The number of carbonyl (C=O) groups is 1. The van der Waals surface area contributed by atoms with E-state index in [2.05, 4.69) is 10.6 Å². The van der Waals surface area contributed by atoms with Gasteiger partial charge < -0.3 is 16.4 Å². The molecular formula is C14H13ClFN3O. The smallest absolute Gasteiger partial charge is 0.253 e. The average molecular weight is 294 g/mol. The van der Waals surface area contributed by atoms with Crippen LogP contribution in [0.5, 0.6) is 0 Å². The van der Waals surface area contributed by atoms with E-state index >= 15 is 0 Å². The third kappa shape index (κ3) is 3.00. The number of amides is 1. The molecule has 1 amide bonds. The Morgan fingerprint density at radius 3 is 2.65 bits per heavy atom. The zero-order chi connectivity index (χ0) is 14.7. The predicted molar refractivity (Wildman–Crippen MR) is 78.9 cm³/mol. The van der Waals surface area contributed by atoms with E-state index in [4.69, 9.17) is 17.3 Å². The van der Waals surface area contributed by atoms with Gasteiger partial charge in [0.15, 0.2) is 0 Å². The largest absolute Gasteiger partial charge is 0.399 e. The number of carbonyl (C=O) groups excluding carboxylic acids is 1. The molecule has 0 aliphatic carbocycles. The highest BCUT2D eigenvalue weighted by atomic mass is 35.5. The minimum atomic E-state index is -0.540. The lowest BCUT2D eigenvalue weighted by Crippen LogP contribution is -2.19. The average Bonchev–Trinajstić information content (AvgIpc) is 2.42. The zero-order valence-corrected chi connectivity index (χ0v) is 11.5. The Bertz CT molecular complexity index is 661. The fraction of sp³-hybridized carbons (Fsp3) is 0.0714. The van der Waals surface area contributed by atoms with Gasteiger partial charge in [0.2, 0.25) is 0 Å². The standard InChI is InChI=1S/C14H13ClFN3O/c1-18-14(20)10-4-2-8(17)6-13(10)19-9-3-5-11(15)12(16)7-9/h2-7,19H,17H2,1H3,(H,18,20). The summed E-state index contributed by atoms with van der Waals surface area (Å²) in [5.74, 6) is -0.802. The fourth-order valence-electron chi connectivity index (χ4n) is 1.73. The number of hydrogen-bond donors (Lipinski definition) is 3. The van der Waals surface area contributed by atoms with Crippen LogP contribution in [0.4, 0.5) is 21.5 Å². The normalized spacial score (nSPS) is 10.2. The van der Waals surface area contributed by atoms with Crippen LogP contribution in [0.2, 0.25) is 5.02 Å². The van der Waals surface area contributed by atoms with E-state index in [1.54, 1.807) is 24.3 Å². The van der Waals surface area contributed by atoms with Crippen LogP contribution < -0.4 is 16.4 Å². The van der Waals surface area contributed by atoms with Crippen molar-refractivity contribution < 1.29 is 9.18 Å². The summed E-state index contributed by atoms with van der Waals surface area (Å²) < 4.78 is 13.4. The SMILES string of the molecule is CNC(=O)c1ccc(N)cc1Nc1ccc(Cl)c(F)c1. The molecule has 0 unspecified atom stereocenters.